The van der Waals surface area contributed by atoms with Crippen LogP contribution in [0.3, 0.4) is 0 Å². The molecule has 0 aliphatic heterocycles. The zero-order chi connectivity index (χ0) is 11.2. The van der Waals surface area contributed by atoms with Crippen LogP contribution in [-0.4, -0.2) is 6.21 Å². The molecule has 0 atom stereocenters. The summed E-state index contributed by atoms with van der Waals surface area (Å²) in [6.07, 6.45) is 1.91. The van der Waals surface area contributed by atoms with Gasteiger partial charge in [-0.05, 0) is 30.2 Å². The summed E-state index contributed by atoms with van der Waals surface area (Å²) in [7, 11) is 0. The van der Waals surface area contributed by atoms with Gasteiger partial charge < -0.3 is 0 Å². The number of rotatable bonds is 3. The molecule has 0 aliphatic rings. The van der Waals surface area contributed by atoms with Crippen molar-refractivity contribution in [2.24, 2.45) is 4.40 Å². The summed E-state index contributed by atoms with van der Waals surface area (Å²) in [5.41, 5.74) is 2.42. The highest BCUT2D eigenvalue weighted by Crippen LogP contribution is 2.18. The van der Waals surface area contributed by atoms with Crippen LogP contribution in [0.2, 0.25) is 0 Å². The second-order valence-corrected chi connectivity index (χ2v) is 4.36. The molecule has 1 nitrogen and oxygen atoms in total. The maximum Gasteiger partial charge on any atom is 0.0430 e. The predicted octanol–water partition coefficient (Wildman–Crippen LogP) is 4.12. The minimum atomic E-state index is 1.16. The monoisotopic (exact) mass is 227 g/mol. The van der Waals surface area contributed by atoms with Crippen LogP contribution in [0.25, 0.3) is 0 Å². The van der Waals surface area contributed by atoms with Gasteiger partial charge >= 0.3 is 0 Å². The van der Waals surface area contributed by atoms with Gasteiger partial charge in [0.1, 0.15) is 0 Å². The molecule has 0 aromatic heterocycles. The largest absolute Gasteiger partial charge is 0.219 e. The molecule has 2 aromatic carbocycles. The molecule has 0 saturated carbocycles. The minimum absolute atomic E-state index is 1.16. The van der Waals surface area contributed by atoms with E-state index in [1.54, 1.807) is 0 Å². The lowest BCUT2D eigenvalue weighted by Gasteiger charge is -1.97. The average molecular weight is 227 g/mol. The van der Waals surface area contributed by atoms with E-state index < -0.39 is 0 Å². The molecule has 0 amide bonds. The van der Waals surface area contributed by atoms with Crippen molar-refractivity contribution in [1.29, 1.82) is 0 Å². The van der Waals surface area contributed by atoms with Crippen molar-refractivity contribution in [3.8, 4) is 0 Å². The van der Waals surface area contributed by atoms with E-state index in [1.165, 1.54) is 23.1 Å². The highest BCUT2D eigenvalue weighted by Gasteiger charge is 1.92. The normalized spacial score (nSPS) is 10.8. The number of hydrogen-bond donors (Lipinski definition) is 0. The van der Waals surface area contributed by atoms with Gasteiger partial charge in [0.15, 0.2) is 0 Å². The van der Waals surface area contributed by atoms with E-state index in [0.717, 1.165) is 4.90 Å². The Morgan fingerprint density at radius 3 is 2.38 bits per heavy atom. The van der Waals surface area contributed by atoms with E-state index in [4.69, 9.17) is 0 Å². The maximum atomic E-state index is 4.36. The second-order valence-electron chi connectivity index (χ2n) is 3.50. The lowest BCUT2D eigenvalue weighted by molar-refractivity contribution is 1.44. The topological polar surface area (TPSA) is 12.4 Å². The standard InChI is InChI=1S/C14H13NS/c1-12-7-5-6-8-13(12)11-15-16-14-9-3-2-4-10-14/h2-11H,1H3. The smallest absolute Gasteiger partial charge is 0.0430 e. The van der Waals surface area contributed by atoms with Crippen molar-refractivity contribution in [2.75, 3.05) is 0 Å². The summed E-state index contributed by atoms with van der Waals surface area (Å²) in [5, 5.41) is 0. The molecular weight excluding hydrogens is 214 g/mol. The number of aryl methyl sites for hydroxylation is 1. The molecule has 0 fully saturated rings. The van der Waals surface area contributed by atoms with Crippen molar-refractivity contribution in [2.45, 2.75) is 11.8 Å². The first-order valence-electron chi connectivity index (χ1n) is 5.17. The van der Waals surface area contributed by atoms with Gasteiger partial charge in [-0.15, -0.1) is 0 Å². The molecular formula is C14H13NS. The Kier molecular flexibility index (Phi) is 3.78. The van der Waals surface area contributed by atoms with Crippen LogP contribution in [0.15, 0.2) is 63.9 Å². The highest BCUT2D eigenvalue weighted by molar-refractivity contribution is 7.98. The third kappa shape index (κ3) is 2.97. The first-order chi connectivity index (χ1) is 7.86. The Hall–Kier alpha value is -1.54. The number of hydrogen-bond acceptors (Lipinski definition) is 2. The van der Waals surface area contributed by atoms with Crippen LogP contribution in [0.5, 0.6) is 0 Å². The number of nitrogens with zero attached hydrogens (tertiary/aromatic N) is 1. The Morgan fingerprint density at radius 1 is 0.938 bits per heavy atom. The molecule has 2 aromatic rings. The fraction of sp³-hybridized carbons (Fsp3) is 0.0714. The van der Waals surface area contributed by atoms with E-state index in [1.807, 2.05) is 36.5 Å². The SMILES string of the molecule is Cc1ccccc1C=NSc1ccccc1. The molecule has 16 heavy (non-hydrogen) atoms. The van der Waals surface area contributed by atoms with Crippen molar-refractivity contribution < 1.29 is 0 Å². The van der Waals surface area contributed by atoms with Crippen LogP contribution in [-0.2, 0) is 0 Å². The molecule has 0 aliphatic carbocycles. The van der Waals surface area contributed by atoms with Crippen LogP contribution >= 0.6 is 11.9 Å². The van der Waals surface area contributed by atoms with Crippen molar-refractivity contribution in [3.05, 3.63) is 65.7 Å². The zero-order valence-corrected chi connectivity index (χ0v) is 9.95. The molecule has 2 rings (SSSR count). The summed E-state index contributed by atoms with van der Waals surface area (Å²) < 4.78 is 4.36. The van der Waals surface area contributed by atoms with E-state index >= 15 is 0 Å². The van der Waals surface area contributed by atoms with Gasteiger partial charge in [0.25, 0.3) is 0 Å². The fourth-order valence-electron chi connectivity index (χ4n) is 1.36. The van der Waals surface area contributed by atoms with Crippen LogP contribution in [0, 0.1) is 6.92 Å². The van der Waals surface area contributed by atoms with Crippen molar-refractivity contribution >= 4 is 18.2 Å². The van der Waals surface area contributed by atoms with Gasteiger partial charge in [-0.25, -0.2) is 4.40 Å². The van der Waals surface area contributed by atoms with Gasteiger partial charge in [-0.2, -0.15) is 0 Å². The van der Waals surface area contributed by atoms with Gasteiger partial charge in [-0.1, -0.05) is 42.5 Å². The highest BCUT2D eigenvalue weighted by atomic mass is 32.2. The van der Waals surface area contributed by atoms with Gasteiger partial charge in [0.05, 0.1) is 0 Å². The van der Waals surface area contributed by atoms with Crippen LogP contribution in [0.1, 0.15) is 11.1 Å². The third-order valence-corrected chi connectivity index (χ3v) is 2.98. The summed E-state index contributed by atoms with van der Waals surface area (Å²) in [5.74, 6) is 0. The summed E-state index contributed by atoms with van der Waals surface area (Å²) in [6.45, 7) is 2.09. The van der Waals surface area contributed by atoms with E-state index in [-0.39, 0.29) is 0 Å². The molecule has 0 bridgehead atoms. The minimum Gasteiger partial charge on any atom is -0.219 e. The molecule has 0 radical (unpaired) electrons. The molecule has 0 saturated heterocycles. The van der Waals surface area contributed by atoms with Gasteiger partial charge in [0.2, 0.25) is 0 Å². The molecule has 0 spiro atoms. The predicted molar refractivity (Wildman–Crippen MR) is 71.1 cm³/mol. The average Bonchev–Trinajstić information content (AvgIpc) is 2.33. The molecule has 0 heterocycles. The first kappa shape index (κ1) is 11.0. The second kappa shape index (κ2) is 5.52. The van der Waals surface area contributed by atoms with E-state index in [0.29, 0.717) is 0 Å². The maximum absolute atomic E-state index is 4.36. The lowest BCUT2D eigenvalue weighted by atomic mass is 10.1. The molecule has 0 N–H and O–H groups in total. The van der Waals surface area contributed by atoms with E-state index in [2.05, 4.69) is 35.6 Å². The van der Waals surface area contributed by atoms with Crippen molar-refractivity contribution in [1.82, 2.24) is 0 Å². The molecule has 0 unspecified atom stereocenters. The third-order valence-electron chi connectivity index (χ3n) is 2.28. The quantitative estimate of drug-likeness (QED) is 0.567. The summed E-state index contributed by atoms with van der Waals surface area (Å²) in [4.78, 5) is 1.16. The Morgan fingerprint density at radius 2 is 1.62 bits per heavy atom. The number of benzene rings is 2. The first-order valence-corrected chi connectivity index (χ1v) is 5.95. The van der Waals surface area contributed by atoms with E-state index in [9.17, 15) is 0 Å². The summed E-state index contributed by atoms with van der Waals surface area (Å²) >= 11 is 1.49. The van der Waals surface area contributed by atoms with Gasteiger partial charge in [0, 0.05) is 23.1 Å². The Labute approximate surface area is 100 Å². The zero-order valence-electron chi connectivity index (χ0n) is 9.13. The molecule has 80 valence electrons. The fourth-order valence-corrected chi connectivity index (χ4v) is 1.92. The van der Waals surface area contributed by atoms with Gasteiger partial charge in [-0.3, -0.25) is 0 Å². The summed E-state index contributed by atoms with van der Waals surface area (Å²) in [6, 6.07) is 18.4. The Bertz CT molecular complexity index is 477. The van der Waals surface area contributed by atoms with Crippen molar-refractivity contribution in [3.63, 3.8) is 0 Å². The lowest BCUT2D eigenvalue weighted by Crippen LogP contribution is -1.84. The Balaban J connectivity index is 2.03. The van der Waals surface area contributed by atoms with Crippen LogP contribution < -0.4 is 0 Å². The molecule has 2 heteroatoms. The van der Waals surface area contributed by atoms with Crippen LogP contribution in [0.4, 0.5) is 0 Å².